The number of fused-ring (bicyclic) bond motifs is 1. The van der Waals surface area contributed by atoms with Gasteiger partial charge in [-0.3, -0.25) is 0 Å². The van der Waals surface area contributed by atoms with Gasteiger partial charge in [-0.1, -0.05) is 27.5 Å². The monoisotopic (exact) mass is 365 g/mol. The molecule has 2 aromatic heterocycles. The molecule has 0 bridgehead atoms. The standard InChI is InChI=1S/C14H13BrClN5/c1-2-17-12-8-21-6-5-18-14(21)13(20-12)19-11-4-3-9(15)7-10(11)16/h3-8,17H,2H2,1H3,(H,19,20). The average Bonchev–Trinajstić information content (AvgIpc) is 2.91. The lowest BCUT2D eigenvalue weighted by molar-refractivity contribution is 1.09. The molecule has 0 saturated heterocycles. The van der Waals surface area contributed by atoms with Crippen molar-refractivity contribution >= 4 is 50.5 Å². The third-order valence-electron chi connectivity index (χ3n) is 2.92. The largest absolute Gasteiger partial charge is 0.369 e. The lowest BCUT2D eigenvalue weighted by Crippen LogP contribution is -2.05. The molecule has 2 heterocycles. The van der Waals surface area contributed by atoms with Crippen LogP contribution in [0.15, 0.2) is 41.3 Å². The summed E-state index contributed by atoms with van der Waals surface area (Å²) in [4.78, 5) is 8.87. The maximum atomic E-state index is 6.24. The lowest BCUT2D eigenvalue weighted by Gasteiger charge is -2.11. The molecule has 5 nitrogen and oxygen atoms in total. The minimum atomic E-state index is 0.615. The summed E-state index contributed by atoms with van der Waals surface area (Å²) in [6, 6.07) is 5.65. The second kappa shape index (κ2) is 5.91. The zero-order valence-corrected chi connectivity index (χ0v) is 13.6. The minimum Gasteiger partial charge on any atom is -0.369 e. The molecule has 0 saturated carbocycles. The van der Waals surface area contributed by atoms with Crippen molar-refractivity contribution in [3.05, 3.63) is 46.3 Å². The SMILES string of the molecule is CCNc1cn2ccnc2c(Nc2ccc(Br)cc2Cl)n1. The molecule has 1 aromatic carbocycles. The van der Waals surface area contributed by atoms with Gasteiger partial charge in [-0.25, -0.2) is 9.97 Å². The maximum Gasteiger partial charge on any atom is 0.180 e. The van der Waals surface area contributed by atoms with Crippen LogP contribution < -0.4 is 10.6 Å². The molecule has 108 valence electrons. The molecule has 3 aromatic rings. The zero-order chi connectivity index (χ0) is 14.8. The van der Waals surface area contributed by atoms with Crippen LogP contribution in [0.25, 0.3) is 5.65 Å². The summed E-state index contributed by atoms with van der Waals surface area (Å²) in [5.41, 5.74) is 1.53. The Labute approximate surface area is 135 Å². The third kappa shape index (κ3) is 2.96. The van der Waals surface area contributed by atoms with Crippen LogP contribution in [0.3, 0.4) is 0 Å². The second-order valence-corrected chi connectivity index (χ2v) is 5.74. The van der Waals surface area contributed by atoms with E-state index in [1.54, 1.807) is 6.20 Å². The van der Waals surface area contributed by atoms with Gasteiger partial charge in [0.1, 0.15) is 5.82 Å². The Morgan fingerprint density at radius 2 is 2.24 bits per heavy atom. The van der Waals surface area contributed by atoms with E-state index in [0.29, 0.717) is 10.8 Å². The molecule has 7 heteroatoms. The molecule has 0 aliphatic carbocycles. The van der Waals surface area contributed by atoms with Gasteiger partial charge in [0.05, 0.1) is 16.9 Å². The summed E-state index contributed by atoms with van der Waals surface area (Å²) in [5, 5.41) is 7.05. The van der Waals surface area contributed by atoms with Crippen LogP contribution in [0.5, 0.6) is 0 Å². The van der Waals surface area contributed by atoms with Gasteiger partial charge in [-0.15, -0.1) is 0 Å². The van der Waals surface area contributed by atoms with Crippen LogP contribution in [0.1, 0.15) is 6.92 Å². The molecule has 0 spiro atoms. The molecule has 0 aliphatic rings. The highest BCUT2D eigenvalue weighted by atomic mass is 79.9. The Bertz CT molecular complexity index is 786. The molecule has 0 atom stereocenters. The average molecular weight is 367 g/mol. The minimum absolute atomic E-state index is 0.615. The van der Waals surface area contributed by atoms with E-state index >= 15 is 0 Å². The summed E-state index contributed by atoms with van der Waals surface area (Å²) >= 11 is 9.64. The van der Waals surface area contributed by atoms with Gasteiger partial charge in [0, 0.05) is 23.4 Å². The van der Waals surface area contributed by atoms with E-state index in [0.717, 1.165) is 28.2 Å². The molecule has 0 unspecified atom stereocenters. The van der Waals surface area contributed by atoms with E-state index in [9.17, 15) is 0 Å². The number of hydrogen-bond donors (Lipinski definition) is 2. The quantitative estimate of drug-likeness (QED) is 0.722. The van der Waals surface area contributed by atoms with Crippen LogP contribution in [-0.2, 0) is 0 Å². The number of aromatic nitrogens is 3. The second-order valence-electron chi connectivity index (χ2n) is 4.41. The molecule has 0 fully saturated rings. The molecular formula is C14H13BrClN5. The van der Waals surface area contributed by atoms with E-state index < -0.39 is 0 Å². The van der Waals surface area contributed by atoms with Crippen LogP contribution in [0.2, 0.25) is 5.02 Å². The van der Waals surface area contributed by atoms with Crippen LogP contribution >= 0.6 is 27.5 Å². The van der Waals surface area contributed by atoms with Crippen molar-refractivity contribution in [1.29, 1.82) is 0 Å². The number of benzene rings is 1. The van der Waals surface area contributed by atoms with Crippen molar-refractivity contribution < 1.29 is 0 Å². The normalized spacial score (nSPS) is 10.8. The number of anilines is 3. The highest BCUT2D eigenvalue weighted by Crippen LogP contribution is 2.29. The Balaban J connectivity index is 2.04. The maximum absolute atomic E-state index is 6.24. The van der Waals surface area contributed by atoms with E-state index in [4.69, 9.17) is 11.6 Å². The van der Waals surface area contributed by atoms with Gasteiger partial charge >= 0.3 is 0 Å². The number of nitrogens with zero attached hydrogens (tertiary/aromatic N) is 3. The Kier molecular flexibility index (Phi) is 3.98. The summed E-state index contributed by atoms with van der Waals surface area (Å²) in [6.45, 7) is 2.82. The van der Waals surface area contributed by atoms with E-state index in [1.807, 2.05) is 41.9 Å². The molecule has 2 N–H and O–H groups in total. The number of rotatable bonds is 4. The summed E-state index contributed by atoms with van der Waals surface area (Å²) < 4.78 is 2.85. The van der Waals surface area contributed by atoms with Gasteiger partial charge in [-0.2, -0.15) is 0 Å². The van der Waals surface area contributed by atoms with Gasteiger partial charge < -0.3 is 15.0 Å². The van der Waals surface area contributed by atoms with Gasteiger partial charge in [0.25, 0.3) is 0 Å². The molecular weight excluding hydrogens is 354 g/mol. The molecule has 3 rings (SSSR count). The van der Waals surface area contributed by atoms with Crippen molar-refractivity contribution in [2.24, 2.45) is 0 Å². The van der Waals surface area contributed by atoms with E-state index in [-0.39, 0.29) is 0 Å². The van der Waals surface area contributed by atoms with E-state index in [1.165, 1.54) is 0 Å². The summed E-state index contributed by atoms with van der Waals surface area (Å²) in [6.07, 6.45) is 5.52. The fourth-order valence-corrected chi connectivity index (χ4v) is 2.72. The van der Waals surface area contributed by atoms with Crippen molar-refractivity contribution in [2.75, 3.05) is 17.2 Å². The Morgan fingerprint density at radius 3 is 3.00 bits per heavy atom. The lowest BCUT2D eigenvalue weighted by atomic mass is 10.3. The molecule has 21 heavy (non-hydrogen) atoms. The summed E-state index contributed by atoms with van der Waals surface area (Å²) in [5.74, 6) is 1.43. The molecule has 0 radical (unpaired) electrons. The Hall–Kier alpha value is -1.79. The number of hydrogen-bond acceptors (Lipinski definition) is 4. The highest BCUT2D eigenvalue weighted by molar-refractivity contribution is 9.10. The van der Waals surface area contributed by atoms with Gasteiger partial charge in [0.2, 0.25) is 0 Å². The van der Waals surface area contributed by atoms with E-state index in [2.05, 4.69) is 36.5 Å². The molecule has 0 amide bonds. The Morgan fingerprint density at radius 1 is 1.38 bits per heavy atom. The third-order valence-corrected chi connectivity index (χ3v) is 3.72. The topological polar surface area (TPSA) is 54.2 Å². The van der Waals surface area contributed by atoms with Crippen molar-refractivity contribution in [3.8, 4) is 0 Å². The summed E-state index contributed by atoms with van der Waals surface area (Å²) in [7, 11) is 0. The van der Waals surface area contributed by atoms with Crippen molar-refractivity contribution in [2.45, 2.75) is 6.92 Å². The van der Waals surface area contributed by atoms with Crippen LogP contribution in [0, 0.1) is 0 Å². The van der Waals surface area contributed by atoms with Gasteiger partial charge in [0.15, 0.2) is 11.5 Å². The van der Waals surface area contributed by atoms with Crippen LogP contribution in [-0.4, -0.2) is 20.9 Å². The first-order chi connectivity index (χ1) is 10.2. The zero-order valence-electron chi connectivity index (χ0n) is 11.3. The number of imidazole rings is 1. The number of nitrogens with one attached hydrogen (secondary N) is 2. The first-order valence-corrected chi connectivity index (χ1v) is 7.64. The first kappa shape index (κ1) is 14.2. The van der Waals surface area contributed by atoms with Crippen molar-refractivity contribution in [3.63, 3.8) is 0 Å². The number of halogens is 2. The fourth-order valence-electron chi connectivity index (χ4n) is 2.00. The molecule has 0 aliphatic heterocycles. The van der Waals surface area contributed by atoms with Gasteiger partial charge in [-0.05, 0) is 25.1 Å². The van der Waals surface area contributed by atoms with Crippen molar-refractivity contribution in [1.82, 2.24) is 14.4 Å². The predicted octanol–water partition coefficient (Wildman–Crippen LogP) is 4.32. The smallest absolute Gasteiger partial charge is 0.180 e. The first-order valence-electron chi connectivity index (χ1n) is 6.47. The van der Waals surface area contributed by atoms with Crippen LogP contribution in [0.4, 0.5) is 17.3 Å². The highest BCUT2D eigenvalue weighted by Gasteiger charge is 2.09. The fraction of sp³-hybridized carbons (Fsp3) is 0.143. The predicted molar refractivity (Wildman–Crippen MR) is 89.6 cm³/mol.